The highest BCUT2D eigenvalue weighted by Crippen LogP contribution is 2.32. The third kappa shape index (κ3) is 4.47. The van der Waals surface area contributed by atoms with E-state index in [1.54, 1.807) is 6.07 Å². The zero-order valence-corrected chi connectivity index (χ0v) is 17.3. The van der Waals surface area contributed by atoms with E-state index in [0.29, 0.717) is 17.1 Å². The van der Waals surface area contributed by atoms with Crippen molar-refractivity contribution in [2.45, 2.75) is 24.3 Å². The smallest absolute Gasteiger partial charge is 0.242 e. The molecule has 29 heavy (non-hydrogen) atoms. The van der Waals surface area contributed by atoms with Crippen LogP contribution >= 0.6 is 23.2 Å². The van der Waals surface area contributed by atoms with Crippen molar-refractivity contribution < 1.29 is 4.79 Å². The van der Waals surface area contributed by atoms with Crippen molar-refractivity contribution in [2.75, 3.05) is 23.3 Å². The number of pyridine rings is 1. The maximum absolute atomic E-state index is 12.7. The number of fused-ring (bicyclic) bond motifs is 1. The number of anilines is 2. The van der Waals surface area contributed by atoms with Crippen LogP contribution in [0.3, 0.4) is 0 Å². The summed E-state index contributed by atoms with van der Waals surface area (Å²) in [7, 11) is 0. The molecule has 2 atom stereocenters. The number of nitrogens with two attached hydrogens (primary N) is 1. The molecule has 3 aromatic rings. The predicted molar refractivity (Wildman–Crippen MR) is 120 cm³/mol. The van der Waals surface area contributed by atoms with Crippen LogP contribution in [0.5, 0.6) is 0 Å². The molecule has 0 spiro atoms. The zero-order chi connectivity index (χ0) is 20.4. The molecule has 2 unspecified atom stereocenters. The van der Waals surface area contributed by atoms with Gasteiger partial charge in [0.05, 0.1) is 16.2 Å². The number of hydrogen-bond donors (Lipinski definition) is 2. The van der Waals surface area contributed by atoms with Gasteiger partial charge < -0.3 is 16.0 Å². The van der Waals surface area contributed by atoms with Gasteiger partial charge in [-0.1, -0.05) is 41.9 Å². The molecule has 7 heteroatoms. The molecule has 2 heterocycles. The van der Waals surface area contributed by atoms with Crippen molar-refractivity contribution >= 4 is 51.5 Å². The Morgan fingerprint density at radius 2 is 2.00 bits per heavy atom. The number of nitrogens with zero attached hydrogens (tertiary/aromatic N) is 2. The van der Waals surface area contributed by atoms with Gasteiger partial charge in [-0.05, 0) is 42.7 Å². The van der Waals surface area contributed by atoms with Gasteiger partial charge >= 0.3 is 0 Å². The molecule has 1 saturated heterocycles. The topological polar surface area (TPSA) is 71.2 Å². The number of halogens is 2. The summed E-state index contributed by atoms with van der Waals surface area (Å²) in [5, 5.41) is 3.42. The molecule has 1 aromatic heterocycles. The maximum Gasteiger partial charge on any atom is 0.242 e. The highest BCUT2D eigenvalue weighted by atomic mass is 35.5. The standard InChI is InChI=1S/C22H22Cl2N4O/c23-17-7-8-19-16(6-9-20(26-19)28-11-10-15(25)13-28)21(17)27-22(29)18(24)12-14-4-2-1-3-5-14/h1-9,15,18H,10-13,25H2,(H,27,29). The van der Waals surface area contributed by atoms with E-state index in [9.17, 15) is 4.79 Å². The van der Waals surface area contributed by atoms with Crippen LogP contribution in [0.15, 0.2) is 54.6 Å². The summed E-state index contributed by atoms with van der Waals surface area (Å²) in [6.45, 7) is 1.69. The molecule has 150 valence electrons. The quantitative estimate of drug-likeness (QED) is 0.596. The van der Waals surface area contributed by atoms with Gasteiger partial charge in [-0.15, -0.1) is 11.6 Å². The fraction of sp³-hybridized carbons (Fsp3) is 0.273. The van der Waals surface area contributed by atoms with Crippen LogP contribution in [0.25, 0.3) is 10.9 Å². The number of hydrogen-bond acceptors (Lipinski definition) is 4. The van der Waals surface area contributed by atoms with Crippen LogP contribution in [0.2, 0.25) is 5.02 Å². The summed E-state index contributed by atoms with van der Waals surface area (Å²) in [6.07, 6.45) is 1.40. The highest BCUT2D eigenvalue weighted by Gasteiger charge is 2.22. The monoisotopic (exact) mass is 428 g/mol. The van der Waals surface area contributed by atoms with E-state index in [2.05, 4.69) is 10.2 Å². The Balaban J connectivity index is 1.56. The van der Waals surface area contributed by atoms with Gasteiger partial charge in [0.15, 0.2) is 0 Å². The molecule has 4 rings (SSSR count). The Morgan fingerprint density at radius 1 is 1.21 bits per heavy atom. The SMILES string of the molecule is NC1CCN(c2ccc3c(NC(=O)C(Cl)Cc4ccccc4)c(Cl)ccc3n2)C1. The van der Waals surface area contributed by atoms with E-state index in [0.717, 1.165) is 41.8 Å². The molecule has 1 aliphatic heterocycles. The molecule has 1 amide bonds. The van der Waals surface area contributed by atoms with Gasteiger partial charge in [-0.3, -0.25) is 4.79 Å². The second-order valence-corrected chi connectivity index (χ2v) is 8.23. The van der Waals surface area contributed by atoms with Gasteiger partial charge in [-0.2, -0.15) is 0 Å². The number of amides is 1. The fourth-order valence-corrected chi connectivity index (χ4v) is 4.03. The lowest BCUT2D eigenvalue weighted by molar-refractivity contribution is -0.115. The van der Waals surface area contributed by atoms with Gasteiger partial charge in [0.1, 0.15) is 11.2 Å². The van der Waals surface area contributed by atoms with Crippen molar-refractivity contribution in [2.24, 2.45) is 5.73 Å². The molecule has 0 saturated carbocycles. The van der Waals surface area contributed by atoms with Crippen LogP contribution in [0.1, 0.15) is 12.0 Å². The Morgan fingerprint density at radius 3 is 2.72 bits per heavy atom. The number of benzene rings is 2. The molecule has 0 bridgehead atoms. The van der Waals surface area contributed by atoms with Gasteiger partial charge in [0.2, 0.25) is 5.91 Å². The van der Waals surface area contributed by atoms with Crippen molar-refractivity contribution in [3.8, 4) is 0 Å². The first-order chi connectivity index (χ1) is 14.0. The molecular weight excluding hydrogens is 407 g/mol. The minimum atomic E-state index is -0.706. The van der Waals surface area contributed by atoms with Gasteiger partial charge in [0, 0.05) is 24.5 Å². The third-order valence-corrected chi connectivity index (χ3v) is 5.81. The summed E-state index contributed by atoms with van der Waals surface area (Å²) in [6, 6.07) is 17.3. The van der Waals surface area contributed by atoms with Crippen molar-refractivity contribution in [3.63, 3.8) is 0 Å². The molecule has 0 radical (unpaired) electrons. The predicted octanol–water partition coefficient (Wildman–Crippen LogP) is 4.21. The second-order valence-electron chi connectivity index (χ2n) is 7.30. The van der Waals surface area contributed by atoms with Crippen LogP contribution in [-0.4, -0.2) is 35.4 Å². The molecule has 5 nitrogen and oxygen atoms in total. The number of carbonyl (C=O) groups excluding carboxylic acids is 1. The van der Waals surface area contributed by atoms with E-state index in [4.69, 9.17) is 33.9 Å². The van der Waals surface area contributed by atoms with Crippen LogP contribution in [-0.2, 0) is 11.2 Å². The first-order valence-electron chi connectivity index (χ1n) is 9.60. The number of alkyl halides is 1. The summed E-state index contributed by atoms with van der Waals surface area (Å²) in [4.78, 5) is 19.6. The summed E-state index contributed by atoms with van der Waals surface area (Å²) in [5.41, 5.74) is 8.31. The lowest BCUT2D eigenvalue weighted by Gasteiger charge is -2.18. The van der Waals surface area contributed by atoms with E-state index in [1.165, 1.54) is 0 Å². The van der Waals surface area contributed by atoms with E-state index in [-0.39, 0.29) is 11.9 Å². The average molecular weight is 429 g/mol. The lowest BCUT2D eigenvalue weighted by Crippen LogP contribution is -2.27. The van der Waals surface area contributed by atoms with Crippen LogP contribution in [0.4, 0.5) is 11.5 Å². The van der Waals surface area contributed by atoms with E-state index >= 15 is 0 Å². The molecular formula is C22H22Cl2N4O. The minimum absolute atomic E-state index is 0.179. The molecule has 1 aliphatic rings. The molecule has 2 aromatic carbocycles. The highest BCUT2D eigenvalue weighted by molar-refractivity contribution is 6.37. The van der Waals surface area contributed by atoms with Crippen molar-refractivity contribution in [3.05, 3.63) is 65.2 Å². The van der Waals surface area contributed by atoms with Crippen molar-refractivity contribution in [1.29, 1.82) is 0 Å². The first kappa shape index (κ1) is 20.0. The van der Waals surface area contributed by atoms with Crippen LogP contribution < -0.4 is 16.0 Å². The number of carbonyl (C=O) groups is 1. The summed E-state index contributed by atoms with van der Waals surface area (Å²) >= 11 is 12.7. The average Bonchev–Trinajstić information content (AvgIpc) is 3.16. The Labute approximate surface area is 179 Å². The van der Waals surface area contributed by atoms with Crippen molar-refractivity contribution in [1.82, 2.24) is 4.98 Å². The number of nitrogens with one attached hydrogen (secondary N) is 1. The number of aromatic nitrogens is 1. The lowest BCUT2D eigenvalue weighted by atomic mass is 10.1. The minimum Gasteiger partial charge on any atom is -0.355 e. The zero-order valence-electron chi connectivity index (χ0n) is 15.8. The van der Waals surface area contributed by atoms with E-state index < -0.39 is 5.38 Å². The Bertz CT molecular complexity index is 1030. The molecule has 1 fully saturated rings. The Hall–Kier alpha value is -2.34. The van der Waals surface area contributed by atoms with Gasteiger partial charge in [0.25, 0.3) is 0 Å². The third-order valence-electron chi connectivity index (χ3n) is 5.14. The Kier molecular flexibility index (Phi) is 5.90. The maximum atomic E-state index is 12.7. The van der Waals surface area contributed by atoms with E-state index in [1.807, 2.05) is 48.5 Å². The summed E-state index contributed by atoms with van der Waals surface area (Å²) < 4.78 is 0. The first-order valence-corrected chi connectivity index (χ1v) is 10.4. The largest absolute Gasteiger partial charge is 0.355 e. The normalized spacial score (nSPS) is 17.5. The van der Waals surface area contributed by atoms with Gasteiger partial charge in [-0.25, -0.2) is 4.98 Å². The molecule has 3 N–H and O–H groups in total. The van der Waals surface area contributed by atoms with Crippen LogP contribution in [0, 0.1) is 0 Å². The fourth-order valence-electron chi connectivity index (χ4n) is 3.58. The summed E-state index contributed by atoms with van der Waals surface area (Å²) in [5.74, 6) is 0.587. The second kappa shape index (κ2) is 8.57. The number of rotatable bonds is 5. The molecule has 0 aliphatic carbocycles.